The molecule has 1 aromatic carbocycles. The lowest BCUT2D eigenvalue weighted by atomic mass is 10.1. The lowest BCUT2D eigenvalue weighted by molar-refractivity contribution is 1.24. The average molecular weight is 211 g/mol. The third-order valence-electron chi connectivity index (χ3n) is 1.66. The Kier molecular flexibility index (Phi) is 3.37. The van der Waals surface area contributed by atoms with E-state index < -0.39 is 0 Å². The Morgan fingerprint density at radius 1 is 1.36 bits per heavy atom. The summed E-state index contributed by atoms with van der Waals surface area (Å²) >= 11 is 3.35. The van der Waals surface area contributed by atoms with Crippen molar-refractivity contribution in [3.63, 3.8) is 0 Å². The summed E-state index contributed by atoms with van der Waals surface area (Å²) in [4.78, 5) is 1.99. The van der Waals surface area contributed by atoms with Gasteiger partial charge in [0.15, 0.2) is 0 Å². The Morgan fingerprint density at radius 3 is 2.45 bits per heavy atom. The molecule has 0 aliphatic carbocycles. The molecule has 0 aromatic heterocycles. The molecule has 0 bridgehead atoms. The van der Waals surface area contributed by atoms with Gasteiger partial charge in [-0.3, -0.25) is 0 Å². The molecule has 1 rings (SSSR count). The van der Waals surface area contributed by atoms with Gasteiger partial charge in [-0.05, 0) is 22.5 Å². The van der Waals surface area contributed by atoms with Crippen molar-refractivity contribution in [2.45, 2.75) is 13.3 Å². The molecule has 0 unspecified atom stereocenters. The summed E-state index contributed by atoms with van der Waals surface area (Å²) in [5.74, 6) is 0. The van der Waals surface area contributed by atoms with Crippen molar-refractivity contribution in [3.8, 4) is 0 Å². The molecular weight excluding hydrogens is 200 g/mol. The summed E-state index contributed by atoms with van der Waals surface area (Å²) in [6.45, 7) is 2.15. The van der Waals surface area contributed by atoms with Crippen LogP contribution in [0.1, 0.15) is 18.9 Å². The number of hydrogen-bond acceptors (Lipinski definition) is 0. The van der Waals surface area contributed by atoms with Gasteiger partial charge in [-0.15, -0.1) is 0 Å². The van der Waals surface area contributed by atoms with Crippen molar-refractivity contribution in [1.29, 1.82) is 0 Å². The van der Waals surface area contributed by atoms with Crippen LogP contribution in [0.25, 0.3) is 5.57 Å². The Labute approximate surface area is 76.1 Å². The summed E-state index contributed by atoms with van der Waals surface area (Å²) in [5.41, 5.74) is 2.64. The van der Waals surface area contributed by atoms with Crippen LogP contribution in [0.4, 0.5) is 0 Å². The second-order valence-electron chi connectivity index (χ2n) is 2.35. The van der Waals surface area contributed by atoms with Gasteiger partial charge in [0.1, 0.15) is 0 Å². The van der Waals surface area contributed by atoms with Crippen LogP contribution in [0.5, 0.6) is 0 Å². The highest BCUT2D eigenvalue weighted by atomic mass is 79.9. The van der Waals surface area contributed by atoms with Crippen molar-refractivity contribution in [2.24, 2.45) is 0 Å². The van der Waals surface area contributed by atoms with E-state index in [1.54, 1.807) is 0 Å². The minimum absolute atomic E-state index is 1.06. The van der Waals surface area contributed by atoms with Crippen molar-refractivity contribution < 1.29 is 0 Å². The topological polar surface area (TPSA) is 0 Å². The van der Waals surface area contributed by atoms with Crippen LogP contribution >= 0.6 is 15.9 Å². The molecule has 0 saturated heterocycles. The van der Waals surface area contributed by atoms with E-state index in [-0.39, 0.29) is 0 Å². The molecule has 0 fully saturated rings. The fraction of sp³-hybridized carbons (Fsp3) is 0.200. The van der Waals surface area contributed by atoms with Gasteiger partial charge >= 0.3 is 0 Å². The average Bonchev–Trinajstić information content (AvgIpc) is 2.09. The molecule has 0 heterocycles. The lowest BCUT2D eigenvalue weighted by Gasteiger charge is -2.01. The molecule has 0 radical (unpaired) electrons. The predicted molar refractivity (Wildman–Crippen MR) is 53.6 cm³/mol. The van der Waals surface area contributed by atoms with E-state index in [0.717, 1.165) is 6.42 Å². The molecule has 0 amide bonds. The molecule has 58 valence electrons. The standard InChI is InChI=1S/C10H11Br/c1-2-9(8-11)10-6-4-3-5-7-10/h3-8H,2H2,1H3/b9-8-. The molecule has 0 aliphatic heterocycles. The summed E-state index contributed by atoms with van der Waals surface area (Å²) in [6.07, 6.45) is 1.06. The van der Waals surface area contributed by atoms with E-state index in [4.69, 9.17) is 0 Å². The van der Waals surface area contributed by atoms with E-state index in [0.29, 0.717) is 0 Å². The largest absolute Gasteiger partial charge is 0.0622 e. The quantitative estimate of drug-likeness (QED) is 0.697. The molecule has 0 aliphatic rings. The van der Waals surface area contributed by atoms with Gasteiger partial charge in [0.25, 0.3) is 0 Å². The zero-order valence-corrected chi connectivity index (χ0v) is 8.14. The maximum Gasteiger partial charge on any atom is -0.0151 e. The van der Waals surface area contributed by atoms with Gasteiger partial charge in [-0.25, -0.2) is 0 Å². The number of allylic oxidation sites excluding steroid dienone is 1. The Balaban J connectivity index is 2.92. The van der Waals surface area contributed by atoms with Crippen molar-refractivity contribution in [3.05, 3.63) is 40.9 Å². The predicted octanol–water partition coefficient (Wildman–Crippen LogP) is 3.83. The third kappa shape index (κ3) is 2.19. The van der Waals surface area contributed by atoms with Crippen LogP contribution in [0.3, 0.4) is 0 Å². The van der Waals surface area contributed by atoms with Crippen LogP contribution in [-0.2, 0) is 0 Å². The molecule has 1 heteroatoms. The van der Waals surface area contributed by atoms with Crippen LogP contribution in [-0.4, -0.2) is 0 Å². The first-order valence-electron chi connectivity index (χ1n) is 3.73. The molecule has 0 saturated carbocycles. The number of benzene rings is 1. The first kappa shape index (κ1) is 8.54. The Hall–Kier alpha value is -0.560. The van der Waals surface area contributed by atoms with Gasteiger partial charge in [-0.2, -0.15) is 0 Å². The maximum absolute atomic E-state index is 3.35. The molecule has 0 atom stereocenters. The zero-order chi connectivity index (χ0) is 8.10. The van der Waals surface area contributed by atoms with E-state index in [1.807, 2.05) is 11.1 Å². The van der Waals surface area contributed by atoms with Gasteiger partial charge in [0.2, 0.25) is 0 Å². The van der Waals surface area contributed by atoms with E-state index in [1.165, 1.54) is 11.1 Å². The lowest BCUT2D eigenvalue weighted by Crippen LogP contribution is -1.78. The second kappa shape index (κ2) is 4.35. The molecular formula is C10H11Br. The monoisotopic (exact) mass is 210 g/mol. The minimum Gasteiger partial charge on any atom is -0.0622 e. The van der Waals surface area contributed by atoms with Crippen molar-refractivity contribution in [2.75, 3.05) is 0 Å². The van der Waals surface area contributed by atoms with Crippen LogP contribution < -0.4 is 0 Å². The van der Waals surface area contributed by atoms with Crippen LogP contribution in [0, 0.1) is 0 Å². The van der Waals surface area contributed by atoms with Crippen LogP contribution in [0.2, 0.25) is 0 Å². The number of hydrogen-bond donors (Lipinski definition) is 0. The van der Waals surface area contributed by atoms with Crippen LogP contribution in [0.15, 0.2) is 35.3 Å². The minimum atomic E-state index is 1.06. The Morgan fingerprint density at radius 2 is 2.00 bits per heavy atom. The SMILES string of the molecule is CC/C(=C/Br)c1ccccc1. The highest BCUT2D eigenvalue weighted by molar-refractivity contribution is 9.11. The van der Waals surface area contributed by atoms with Crippen molar-refractivity contribution in [1.82, 2.24) is 0 Å². The second-order valence-corrected chi connectivity index (χ2v) is 2.81. The highest BCUT2D eigenvalue weighted by Crippen LogP contribution is 2.18. The first-order chi connectivity index (χ1) is 5.38. The first-order valence-corrected chi connectivity index (χ1v) is 4.64. The van der Waals surface area contributed by atoms with Crippen molar-refractivity contribution >= 4 is 21.5 Å². The molecule has 11 heavy (non-hydrogen) atoms. The third-order valence-corrected chi connectivity index (χ3v) is 2.21. The molecule has 0 spiro atoms. The van der Waals surface area contributed by atoms with Gasteiger partial charge in [0, 0.05) is 0 Å². The van der Waals surface area contributed by atoms with E-state index >= 15 is 0 Å². The molecule has 0 N–H and O–H groups in total. The van der Waals surface area contributed by atoms with E-state index in [2.05, 4.69) is 47.1 Å². The summed E-state index contributed by atoms with van der Waals surface area (Å²) < 4.78 is 0. The van der Waals surface area contributed by atoms with Gasteiger partial charge < -0.3 is 0 Å². The van der Waals surface area contributed by atoms with Gasteiger partial charge in [-0.1, -0.05) is 53.2 Å². The normalized spacial score (nSPS) is 11.6. The smallest absolute Gasteiger partial charge is 0.0151 e. The fourth-order valence-corrected chi connectivity index (χ4v) is 1.58. The maximum atomic E-state index is 3.35. The zero-order valence-electron chi connectivity index (χ0n) is 6.55. The summed E-state index contributed by atoms with van der Waals surface area (Å²) in [6, 6.07) is 10.4. The summed E-state index contributed by atoms with van der Waals surface area (Å²) in [7, 11) is 0. The number of halogens is 1. The fourth-order valence-electron chi connectivity index (χ4n) is 0.996. The molecule has 0 nitrogen and oxygen atoms in total. The van der Waals surface area contributed by atoms with Gasteiger partial charge in [0.05, 0.1) is 0 Å². The summed E-state index contributed by atoms with van der Waals surface area (Å²) in [5, 5.41) is 0. The number of rotatable bonds is 2. The molecule has 1 aromatic rings. The Bertz CT molecular complexity index is 236. The highest BCUT2D eigenvalue weighted by Gasteiger charge is 1.94. The van der Waals surface area contributed by atoms with E-state index in [9.17, 15) is 0 Å².